The summed E-state index contributed by atoms with van der Waals surface area (Å²) in [4.78, 5) is 24.7. The molecule has 0 aliphatic carbocycles. The van der Waals surface area contributed by atoms with Crippen LogP contribution in [0.5, 0.6) is 11.5 Å². The van der Waals surface area contributed by atoms with Crippen LogP contribution < -0.4 is 14.4 Å². The van der Waals surface area contributed by atoms with Crippen LogP contribution in [0.25, 0.3) is 0 Å². The van der Waals surface area contributed by atoms with Gasteiger partial charge in [0.1, 0.15) is 11.5 Å². The molecule has 0 bridgehead atoms. The van der Waals surface area contributed by atoms with Crippen LogP contribution in [0.4, 0.5) is 5.69 Å². The highest BCUT2D eigenvalue weighted by molar-refractivity contribution is 5.93. The van der Waals surface area contributed by atoms with Gasteiger partial charge in [-0.25, -0.2) is 4.79 Å². The number of carbonyl (C=O) groups is 2. The molecule has 1 atom stereocenters. The zero-order valence-electron chi connectivity index (χ0n) is 15.1. The van der Waals surface area contributed by atoms with Gasteiger partial charge in [0.2, 0.25) is 5.91 Å². The first-order valence-corrected chi connectivity index (χ1v) is 8.26. The highest BCUT2D eigenvalue weighted by Gasteiger charge is 2.18. The van der Waals surface area contributed by atoms with E-state index in [1.165, 1.54) is 0 Å². The molecule has 2 aromatic rings. The molecular formula is C20H23NO5. The van der Waals surface area contributed by atoms with Crippen molar-refractivity contribution in [3.63, 3.8) is 0 Å². The molecule has 0 aromatic heterocycles. The van der Waals surface area contributed by atoms with Crippen molar-refractivity contribution in [1.29, 1.82) is 0 Å². The number of rotatable bonds is 8. The number of para-hydroxylation sites is 1. The second-order valence-corrected chi connectivity index (χ2v) is 5.98. The SMILES string of the molecule is COc1ccccc1C(C)CC(=O)N(C)c1ccc(OCC(=O)O)cc1. The first-order chi connectivity index (χ1) is 12.4. The number of benzene rings is 2. The molecule has 0 aliphatic rings. The van der Waals surface area contributed by atoms with Gasteiger partial charge in [0.15, 0.2) is 6.61 Å². The first-order valence-electron chi connectivity index (χ1n) is 8.26. The predicted molar refractivity (Wildman–Crippen MR) is 99.0 cm³/mol. The minimum atomic E-state index is -1.04. The fourth-order valence-electron chi connectivity index (χ4n) is 2.64. The van der Waals surface area contributed by atoms with Gasteiger partial charge in [-0.05, 0) is 41.8 Å². The van der Waals surface area contributed by atoms with Crippen molar-refractivity contribution < 1.29 is 24.2 Å². The Morgan fingerprint density at radius 1 is 1.12 bits per heavy atom. The molecule has 0 aliphatic heterocycles. The molecule has 0 fully saturated rings. The monoisotopic (exact) mass is 357 g/mol. The van der Waals surface area contributed by atoms with Gasteiger partial charge >= 0.3 is 5.97 Å². The normalized spacial score (nSPS) is 11.5. The van der Waals surface area contributed by atoms with Crippen molar-refractivity contribution >= 4 is 17.6 Å². The van der Waals surface area contributed by atoms with Crippen LogP contribution in [0.2, 0.25) is 0 Å². The lowest BCUT2D eigenvalue weighted by Crippen LogP contribution is -2.27. The van der Waals surface area contributed by atoms with Gasteiger partial charge in [0.05, 0.1) is 7.11 Å². The summed E-state index contributed by atoms with van der Waals surface area (Å²) in [6, 6.07) is 14.4. The summed E-state index contributed by atoms with van der Waals surface area (Å²) >= 11 is 0. The van der Waals surface area contributed by atoms with Crippen molar-refractivity contribution in [1.82, 2.24) is 0 Å². The van der Waals surface area contributed by atoms with E-state index in [0.29, 0.717) is 17.9 Å². The van der Waals surface area contributed by atoms with Gasteiger partial charge in [-0.3, -0.25) is 4.79 Å². The van der Waals surface area contributed by atoms with E-state index >= 15 is 0 Å². The number of methoxy groups -OCH3 is 1. The summed E-state index contributed by atoms with van der Waals surface area (Å²) in [5.74, 6) is 0.170. The zero-order chi connectivity index (χ0) is 19.1. The lowest BCUT2D eigenvalue weighted by atomic mass is 9.96. The summed E-state index contributed by atoms with van der Waals surface area (Å²) in [7, 11) is 3.33. The van der Waals surface area contributed by atoms with Crippen LogP contribution in [0.1, 0.15) is 24.8 Å². The molecule has 0 saturated carbocycles. The fourth-order valence-corrected chi connectivity index (χ4v) is 2.64. The van der Waals surface area contributed by atoms with E-state index in [4.69, 9.17) is 14.6 Å². The number of ether oxygens (including phenoxy) is 2. The standard InChI is InChI=1S/C20H23NO5/c1-14(17-6-4-5-7-18(17)25-3)12-19(22)21(2)15-8-10-16(11-9-15)26-13-20(23)24/h4-11,14H,12-13H2,1-3H3,(H,23,24). The molecule has 0 heterocycles. The number of carbonyl (C=O) groups excluding carboxylic acids is 1. The number of amides is 1. The average Bonchev–Trinajstić information content (AvgIpc) is 2.65. The Balaban J connectivity index is 2.01. The van der Waals surface area contributed by atoms with Gasteiger partial charge in [0.25, 0.3) is 0 Å². The molecule has 1 N–H and O–H groups in total. The Morgan fingerprint density at radius 3 is 2.38 bits per heavy atom. The minimum Gasteiger partial charge on any atom is -0.496 e. The fraction of sp³-hybridized carbons (Fsp3) is 0.300. The summed E-state index contributed by atoms with van der Waals surface area (Å²) in [5.41, 5.74) is 1.71. The molecule has 6 nitrogen and oxygen atoms in total. The number of nitrogens with zero attached hydrogens (tertiary/aromatic N) is 1. The molecule has 0 spiro atoms. The van der Waals surface area contributed by atoms with Gasteiger partial charge in [-0.1, -0.05) is 25.1 Å². The second kappa shape index (κ2) is 8.89. The molecular weight excluding hydrogens is 334 g/mol. The van der Waals surface area contributed by atoms with Crippen LogP contribution in [0.3, 0.4) is 0 Å². The molecule has 2 rings (SSSR count). The third kappa shape index (κ3) is 4.99. The summed E-state index contributed by atoms with van der Waals surface area (Å²) in [6.07, 6.45) is 0.341. The number of carboxylic acid groups (broad SMARTS) is 1. The summed E-state index contributed by atoms with van der Waals surface area (Å²) < 4.78 is 10.5. The molecule has 0 radical (unpaired) electrons. The summed E-state index contributed by atoms with van der Waals surface area (Å²) in [5, 5.41) is 8.62. The maximum Gasteiger partial charge on any atom is 0.341 e. The molecule has 1 unspecified atom stereocenters. The largest absolute Gasteiger partial charge is 0.496 e. The third-order valence-electron chi connectivity index (χ3n) is 4.11. The minimum absolute atomic E-state index is 0.0132. The number of carboxylic acids is 1. The Labute approximate surface area is 153 Å². The predicted octanol–water partition coefficient (Wildman–Crippen LogP) is 3.32. The van der Waals surface area contributed by atoms with Crippen LogP contribution in [-0.4, -0.2) is 37.7 Å². The van der Waals surface area contributed by atoms with Gasteiger partial charge in [0, 0.05) is 19.2 Å². The van der Waals surface area contributed by atoms with Gasteiger partial charge in [-0.2, -0.15) is 0 Å². The Hall–Kier alpha value is -3.02. The van der Waals surface area contributed by atoms with E-state index in [0.717, 1.165) is 11.3 Å². The van der Waals surface area contributed by atoms with Crippen molar-refractivity contribution in [3.8, 4) is 11.5 Å². The first kappa shape index (κ1) is 19.3. The smallest absolute Gasteiger partial charge is 0.341 e. The van der Waals surface area contributed by atoms with Crippen molar-refractivity contribution in [2.75, 3.05) is 25.7 Å². The highest BCUT2D eigenvalue weighted by atomic mass is 16.5. The number of hydrogen-bond donors (Lipinski definition) is 1. The molecule has 1 amide bonds. The van der Waals surface area contributed by atoms with E-state index in [1.54, 1.807) is 43.3 Å². The number of anilines is 1. The Bertz CT molecular complexity index is 757. The van der Waals surface area contributed by atoms with E-state index in [2.05, 4.69) is 0 Å². The third-order valence-corrected chi connectivity index (χ3v) is 4.11. The highest BCUT2D eigenvalue weighted by Crippen LogP contribution is 2.29. The maximum atomic E-state index is 12.6. The maximum absolute atomic E-state index is 12.6. The van der Waals surface area contributed by atoms with Crippen molar-refractivity contribution in [2.24, 2.45) is 0 Å². The molecule has 6 heteroatoms. The number of aliphatic carboxylic acids is 1. The average molecular weight is 357 g/mol. The lowest BCUT2D eigenvalue weighted by molar-refractivity contribution is -0.139. The van der Waals surface area contributed by atoms with Crippen LogP contribution in [0, 0.1) is 0 Å². The van der Waals surface area contributed by atoms with Crippen LogP contribution in [0.15, 0.2) is 48.5 Å². The van der Waals surface area contributed by atoms with E-state index in [-0.39, 0.29) is 11.8 Å². The Kier molecular flexibility index (Phi) is 6.60. The molecule has 26 heavy (non-hydrogen) atoms. The quantitative estimate of drug-likeness (QED) is 0.784. The zero-order valence-corrected chi connectivity index (χ0v) is 15.1. The second-order valence-electron chi connectivity index (χ2n) is 5.98. The van der Waals surface area contributed by atoms with Crippen molar-refractivity contribution in [3.05, 3.63) is 54.1 Å². The van der Waals surface area contributed by atoms with E-state index in [9.17, 15) is 9.59 Å². The summed E-state index contributed by atoms with van der Waals surface area (Å²) in [6.45, 7) is 1.59. The number of hydrogen-bond acceptors (Lipinski definition) is 4. The molecule has 138 valence electrons. The van der Waals surface area contributed by atoms with Gasteiger partial charge < -0.3 is 19.5 Å². The van der Waals surface area contributed by atoms with Crippen LogP contribution in [-0.2, 0) is 9.59 Å². The van der Waals surface area contributed by atoms with Crippen molar-refractivity contribution in [2.45, 2.75) is 19.3 Å². The van der Waals surface area contributed by atoms with Crippen LogP contribution >= 0.6 is 0 Å². The van der Waals surface area contributed by atoms with E-state index in [1.807, 2.05) is 31.2 Å². The van der Waals surface area contributed by atoms with Gasteiger partial charge in [-0.15, -0.1) is 0 Å². The van der Waals surface area contributed by atoms with E-state index < -0.39 is 12.6 Å². The molecule has 2 aromatic carbocycles. The lowest BCUT2D eigenvalue weighted by Gasteiger charge is -2.21. The molecule has 0 saturated heterocycles. The topological polar surface area (TPSA) is 76.1 Å². The Morgan fingerprint density at radius 2 is 1.77 bits per heavy atom.